The van der Waals surface area contributed by atoms with Crippen molar-refractivity contribution in [3.63, 3.8) is 0 Å². The molecule has 0 aliphatic carbocycles. The molecule has 3 heterocycles. The molecule has 0 saturated heterocycles. The number of amides is 1. The highest BCUT2D eigenvalue weighted by Gasteiger charge is 2.28. The number of benzene rings is 2. The van der Waals surface area contributed by atoms with Crippen molar-refractivity contribution in [1.29, 1.82) is 0 Å². The fourth-order valence-corrected chi connectivity index (χ4v) is 5.38. The summed E-state index contributed by atoms with van der Waals surface area (Å²) in [6.07, 6.45) is 3.85. The van der Waals surface area contributed by atoms with Gasteiger partial charge in [-0.2, -0.15) is 0 Å². The molecule has 2 aromatic carbocycles. The molecule has 1 amide bonds. The Bertz CT molecular complexity index is 1650. The lowest BCUT2D eigenvalue weighted by atomic mass is 10.0. The van der Waals surface area contributed by atoms with Gasteiger partial charge in [0.25, 0.3) is 0 Å². The van der Waals surface area contributed by atoms with Gasteiger partial charge in [-0.25, -0.2) is 19.6 Å². The zero-order valence-electron chi connectivity index (χ0n) is 30.1. The molecule has 1 atom stereocenters. The molecule has 1 aliphatic rings. The first-order valence-corrected chi connectivity index (χ1v) is 17.3. The lowest BCUT2D eigenvalue weighted by Gasteiger charge is -2.30. The summed E-state index contributed by atoms with van der Waals surface area (Å²) in [5.41, 5.74) is 4.29. The summed E-state index contributed by atoms with van der Waals surface area (Å²) in [6.45, 7) is 11.6. The molecule has 268 valence electrons. The highest BCUT2D eigenvalue weighted by molar-refractivity contribution is 5.82. The number of rotatable bonds is 13. The van der Waals surface area contributed by atoms with Crippen LogP contribution in [0.3, 0.4) is 0 Å². The highest BCUT2D eigenvalue weighted by Crippen LogP contribution is 2.27. The van der Waals surface area contributed by atoms with E-state index in [0.29, 0.717) is 18.9 Å². The number of hydrogen-bond donors (Lipinski definition) is 1. The van der Waals surface area contributed by atoms with Crippen LogP contribution in [0.4, 0.5) is 10.6 Å². The molecule has 1 N–H and O–H groups in total. The second-order valence-corrected chi connectivity index (χ2v) is 12.8. The van der Waals surface area contributed by atoms with Gasteiger partial charge in [0, 0.05) is 45.3 Å². The van der Waals surface area contributed by atoms with Crippen molar-refractivity contribution in [3.05, 3.63) is 113 Å². The predicted molar refractivity (Wildman–Crippen MR) is 197 cm³/mol. The summed E-state index contributed by atoms with van der Waals surface area (Å²) in [6, 6.07) is 24.4. The first-order chi connectivity index (χ1) is 24.1. The van der Waals surface area contributed by atoms with Crippen LogP contribution in [0.25, 0.3) is 0 Å². The fraction of sp³-hybridized carbons (Fsp3) is 0.400. The number of anilines is 1. The Labute approximate surface area is 297 Å². The van der Waals surface area contributed by atoms with E-state index in [0.717, 1.165) is 54.3 Å². The number of aryl methyl sites for hydroxylation is 1. The maximum absolute atomic E-state index is 13.0. The van der Waals surface area contributed by atoms with Crippen LogP contribution in [0.5, 0.6) is 11.6 Å². The normalized spacial score (nSPS) is 12.8. The number of hydrogen-bond acceptors (Lipinski definition) is 9. The van der Waals surface area contributed by atoms with E-state index in [2.05, 4.69) is 39.5 Å². The second kappa shape index (κ2) is 18.6. The molecule has 2 aromatic heterocycles. The van der Waals surface area contributed by atoms with Gasteiger partial charge in [-0.1, -0.05) is 68.4 Å². The number of methoxy groups -OCH3 is 1. The standard InChI is InChI=1S/C38H44N4O6.C2H6.H2/c1-38(2,3)48-36(43)33(41-37(44)47-26-28-9-6-5-7-10-28)23-29-14-19-34(39-24-29)46-22-20-31-16-15-30-11-8-21-42(35(30)40-31)25-27-12-17-32(45-4)18-13-27;1-2;/h5-7,9-10,12-19,24,33H,8,11,20-23,25-26H2,1-4H3,(H,41,44);1-2H3;1H. The molecule has 1 unspecified atom stereocenters. The van der Waals surface area contributed by atoms with Crippen LogP contribution in [0, 0.1) is 0 Å². The third-order valence-corrected chi connectivity index (χ3v) is 7.76. The number of carbonyl (C=O) groups excluding carboxylic acids is 2. The molecule has 1 aliphatic heterocycles. The fourth-order valence-electron chi connectivity index (χ4n) is 5.38. The number of nitrogens with one attached hydrogen (secondary N) is 1. The lowest BCUT2D eigenvalue weighted by Crippen LogP contribution is -2.45. The van der Waals surface area contributed by atoms with Gasteiger partial charge in [-0.05, 0) is 74.1 Å². The van der Waals surface area contributed by atoms with E-state index >= 15 is 0 Å². The summed E-state index contributed by atoms with van der Waals surface area (Å²) >= 11 is 0. The molecule has 0 fully saturated rings. The summed E-state index contributed by atoms with van der Waals surface area (Å²) in [4.78, 5) is 37.4. The van der Waals surface area contributed by atoms with Crippen molar-refractivity contribution in [2.45, 2.75) is 85.1 Å². The van der Waals surface area contributed by atoms with Gasteiger partial charge in [0.15, 0.2) is 0 Å². The number of alkyl carbamates (subject to hydrolysis) is 1. The van der Waals surface area contributed by atoms with Crippen LogP contribution in [0.2, 0.25) is 0 Å². The van der Waals surface area contributed by atoms with Gasteiger partial charge in [0.1, 0.15) is 29.8 Å². The van der Waals surface area contributed by atoms with Crippen LogP contribution in [-0.4, -0.2) is 53.9 Å². The van der Waals surface area contributed by atoms with Gasteiger partial charge in [-0.15, -0.1) is 0 Å². The Morgan fingerprint density at radius 2 is 1.68 bits per heavy atom. The first kappa shape index (κ1) is 37.7. The summed E-state index contributed by atoms with van der Waals surface area (Å²) in [5, 5.41) is 2.66. The van der Waals surface area contributed by atoms with E-state index in [1.807, 2.05) is 62.4 Å². The SMILES string of the molecule is CC.COc1ccc(CN2CCCc3ccc(CCOc4ccc(CC(NC(=O)OCc5ccccc5)C(=O)OC(C)(C)C)cn4)nc32)cc1.[HH]. The van der Waals surface area contributed by atoms with E-state index in [-0.39, 0.29) is 14.5 Å². The number of nitrogens with zero attached hydrogens (tertiary/aromatic N) is 3. The van der Waals surface area contributed by atoms with E-state index < -0.39 is 23.7 Å². The van der Waals surface area contributed by atoms with Crippen molar-refractivity contribution in [2.75, 3.05) is 25.2 Å². The Morgan fingerprint density at radius 1 is 0.940 bits per heavy atom. The van der Waals surface area contributed by atoms with Gasteiger partial charge >= 0.3 is 12.1 Å². The molecular weight excluding hydrogens is 632 g/mol. The van der Waals surface area contributed by atoms with Crippen LogP contribution in [-0.2, 0) is 46.7 Å². The largest absolute Gasteiger partial charge is 0.497 e. The number of aromatic nitrogens is 2. The molecule has 0 radical (unpaired) electrons. The van der Waals surface area contributed by atoms with Crippen molar-refractivity contribution in [3.8, 4) is 11.6 Å². The Hall–Kier alpha value is -5.12. The Kier molecular flexibility index (Phi) is 14.0. The molecule has 5 rings (SSSR count). The maximum Gasteiger partial charge on any atom is 0.408 e. The topological polar surface area (TPSA) is 112 Å². The van der Waals surface area contributed by atoms with Gasteiger partial charge in [0.05, 0.1) is 13.7 Å². The highest BCUT2D eigenvalue weighted by atomic mass is 16.6. The molecule has 0 saturated carbocycles. The summed E-state index contributed by atoms with van der Waals surface area (Å²) < 4.78 is 22.2. The average molecular weight is 685 g/mol. The van der Waals surface area contributed by atoms with Crippen LogP contribution < -0.4 is 19.7 Å². The predicted octanol–water partition coefficient (Wildman–Crippen LogP) is 7.51. The molecular formula is C40H52N4O6. The number of ether oxygens (including phenoxy) is 4. The molecule has 0 spiro atoms. The third kappa shape index (κ3) is 11.8. The average Bonchev–Trinajstić information content (AvgIpc) is 3.12. The Balaban J connectivity index is 0.00000230. The molecule has 10 nitrogen and oxygen atoms in total. The quantitative estimate of drug-likeness (QED) is 0.143. The van der Waals surface area contributed by atoms with Gasteiger partial charge < -0.3 is 29.2 Å². The Morgan fingerprint density at radius 3 is 2.36 bits per heavy atom. The van der Waals surface area contributed by atoms with Crippen molar-refractivity contribution in [2.24, 2.45) is 0 Å². The molecule has 0 bridgehead atoms. The minimum atomic E-state index is -0.958. The zero-order chi connectivity index (χ0) is 35.9. The third-order valence-electron chi connectivity index (χ3n) is 7.76. The van der Waals surface area contributed by atoms with Gasteiger partial charge in [0.2, 0.25) is 5.88 Å². The minimum Gasteiger partial charge on any atom is -0.497 e. The summed E-state index contributed by atoms with van der Waals surface area (Å²) in [5.74, 6) is 1.79. The first-order valence-electron chi connectivity index (χ1n) is 17.3. The summed E-state index contributed by atoms with van der Waals surface area (Å²) in [7, 11) is 1.67. The molecule has 50 heavy (non-hydrogen) atoms. The van der Waals surface area contributed by atoms with Crippen LogP contribution in [0.15, 0.2) is 85.1 Å². The number of pyridine rings is 2. The van der Waals surface area contributed by atoms with Crippen LogP contribution >= 0.6 is 0 Å². The van der Waals surface area contributed by atoms with E-state index in [1.165, 1.54) is 11.1 Å². The van der Waals surface area contributed by atoms with E-state index in [4.69, 9.17) is 23.9 Å². The number of carbonyl (C=O) groups is 2. The molecule has 10 heteroatoms. The van der Waals surface area contributed by atoms with Gasteiger partial charge in [-0.3, -0.25) is 0 Å². The van der Waals surface area contributed by atoms with Crippen molar-refractivity contribution in [1.82, 2.24) is 15.3 Å². The number of esters is 1. The van der Waals surface area contributed by atoms with Crippen molar-refractivity contribution >= 4 is 17.9 Å². The zero-order valence-corrected chi connectivity index (χ0v) is 30.1. The monoisotopic (exact) mass is 684 g/mol. The van der Waals surface area contributed by atoms with Crippen LogP contribution in [0.1, 0.15) is 70.4 Å². The van der Waals surface area contributed by atoms with E-state index in [9.17, 15) is 9.59 Å². The van der Waals surface area contributed by atoms with Crippen molar-refractivity contribution < 1.29 is 30.0 Å². The second-order valence-electron chi connectivity index (χ2n) is 12.8. The number of fused-ring (bicyclic) bond motifs is 1. The smallest absolute Gasteiger partial charge is 0.408 e. The maximum atomic E-state index is 13.0. The lowest BCUT2D eigenvalue weighted by molar-refractivity contribution is -0.157. The van der Waals surface area contributed by atoms with E-state index in [1.54, 1.807) is 40.1 Å². The minimum absolute atomic E-state index is 0. The molecule has 4 aromatic rings.